The molecule has 0 amide bonds. The van der Waals surface area contributed by atoms with E-state index in [4.69, 9.17) is 9.84 Å². The van der Waals surface area contributed by atoms with Gasteiger partial charge in [-0.3, -0.25) is 9.69 Å². The SMILES string of the molecule is CCOc1ccccc1C(C)N(CC(=O)O)CC(C)C. The first-order valence-corrected chi connectivity index (χ1v) is 7.13. The third kappa shape index (κ3) is 4.85. The number of benzene rings is 1. The lowest BCUT2D eigenvalue weighted by Gasteiger charge is -2.30. The van der Waals surface area contributed by atoms with Crippen LogP contribution >= 0.6 is 0 Å². The molecule has 0 radical (unpaired) electrons. The van der Waals surface area contributed by atoms with Crippen molar-refractivity contribution >= 4 is 5.97 Å². The molecule has 4 nitrogen and oxygen atoms in total. The molecule has 0 bridgehead atoms. The van der Waals surface area contributed by atoms with Gasteiger partial charge in [-0.25, -0.2) is 0 Å². The molecule has 0 aromatic heterocycles. The summed E-state index contributed by atoms with van der Waals surface area (Å²) in [6, 6.07) is 7.85. The first-order chi connectivity index (χ1) is 9.45. The van der Waals surface area contributed by atoms with E-state index >= 15 is 0 Å². The highest BCUT2D eigenvalue weighted by atomic mass is 16.5. The molecule has 1 N–H and O–H groups in total. The summed E-state index contributed by atoms with van der Waals surface area (Å²) in [6.45, 7) is 9.56. The zero-order valence-corrected chi connectivity index (χ0v) is 12.8. The van der Waals surface area contributed by atoms with E-state index in [0.29, 0.717) is 12.5 Å². The van der Waals surface area contributed by atoms with Crippen molar-refractivity contribution in [2.45, 2.75) is 33.7 Å². The fourth-order valence-electron chi connectivity index (χ4n) is 2.31. The molecule has 1 atom stereocenters. The second-order valence-electron chi connectivity index (χ2n) is 5.36. The van der Waals surface area contributed by atoms with E-state index in [9.17, 15) is 4.79 Å². The predicted molar refractivity (Wildman–Crippen MR) is 80.1 cm³/mol. The van der Waals surface area contributed by atoms with Gasteiger partial charge in [0.25, 0.3) is 0 Å². The summed E-state index contributed by atoms with van der Waals surface area (Å²) < 4.78 is 5.64. The van der Waals surface area contributed by atoms with E-state index in [-0.39, 0.29) is 12.6 Å². The van der Waals surface area contributed by atoms with E-state index in [0.717, 1.165) is 17.9 Å². The largest absolute Gasteiger partial charge is 0.494 e. The molecule has 0 heterocycles. The normalized spacial score (nSPS) is 12.7. The van der Waals surface area contributed by atoms with Crippen LogP contribution in [0.5, 0.6) is 5.75 Å². The van der Waals surface area contributed by atoms with Crippen LogP contribution in [0, 0.1) is 5.92 Å². The van der Waals surface area contributed by atoms with Crippen LogP contribution in [0.1, 0.15) is 39.3 Å². The van der Waals surface area contributed by atoms with Gasteiger partial charge in [-0.1, -0.05) is 32.0 Å². The second kappa shape index (κ2) is 7.90. The standard InChI is InChI=1S/C16H25NO3/c1-5-20-15-9-7-6-8-14(15)13(4)17(10-12(2)3)11-16(18)19/h6-9,12-13H,5,10-11H2,1-4H3,(H,18,19). The molecule has 0 aliphatic rings. The number of aliphatic carboxylic acids is 1. The number of hydrogen-bond acceptors (Lipinski definition) is 3. The van der Waals surface area contributed by atoms with Crippen molar-refractivity contribution in [1.82, 2.24) is 4.90 Å². The maximum Gasteiger partial charge on any atom is 0.317 e. The molecule has 20 heavy (non-hydrogen) atoms. The monoisotopic (exact) mass is 279 g/mol. The van der Waals surface area contributed by atoms with Crippen LogP contribution in [0.3, 0.4) is 0 Å². The van der Waals surface area contributed by atoms with Crippen LogP contribution in [-0.2, 0) is 4.79 Å². The minimum Gasteiger partial charge on any atom is -0.494 e. The Bertz CT molecular complexity index is 431. The minimum absolute atomic E-state index is 0.0104. The molecule has 0 saturated carbocycles. The van der Waals surface area contributed by atoms with Gasteiger partial charge < -0.3 is 9.84 Å². The van der Waals surface area contributed by atoms with Crippen molar-refractivity contribution in [2.75, 3.05) is 19.7 Å². The van der Waals surface area contributed by atoms with Crippen LogP contribution in [0.25, 0.3) is 0 Å². The van der Waals surface area contributed by atoms with Crippen LogP contribution in [-0.4, -0.2) is 35.7 Å². The van der Waals surface area contributed by atoms with Crippen molar-refractivity contribution in [2.24, 2.45) is 5.92 Å². The summed E-state index contributed by atoms with van der Waals surface area (Å²) in [4.78, 5) is 13.0. The van der Waals surface area contributed by atoms with Crippen molar-refractivity contribution < 1.29 is 14.6 Å². The number of hydrogen-bond donors (Lipinski definition) is 1. The zero-order chi connectivity index (χ0) is 15.1. The van der Waals surface area contributed by atoms with Gasteiger partial charge in [0.2, 0.25) is 0 Å². The number of ether oxygens (including phenoxy) is 1. The van der Waals surface area contributed by atoms with Gasteiger partial charge >= 0.3 is 5.97 Å². The topological polar surface area (TPSA) is 49.8 Å². The van der Waals surface area contributed by atoms with Crippen molar-refractivity contribution in [3.05, 3.63) is 29.8 Å². The van der Waals surface area contributed by atoms with Crippen LogP contribution in [0.15, 0.2) is 24.3 Å². The van der Waals surface area contributed by atoms with Gasteiger partial charge in [0.05, 0.1) is 13.2 Å². The summed E-state index contributed by atoms with van der Waals surface area (Å²) in [5.41, 5.74) is 1.04. The number of rotatable bonds is 8. The Labute approximate surface area is 121 Å². The first-order valence-electron chi connectivity index (χ1n) is 7.13. The quantitative estimate of drug-likeness (QED) is 0.794. The molecule has 4 heteroatoms. The van der Waals surface area contributed by atoms with Crippen LogP contribution in [0.4, 0.5) is 0 Å². The number of carboxylic acid groups (broad SMARTS) is 1. The molecule has 0 aliphatic heterocycles. The van der Waals surface area contributed by atoms with Gasteiger partial charge in [-0.05, 0) is 25.8 Å². The Kier molecular flexibility index (Phi) is 6.52. The summed E-state index contributed by atoms with van der Waals surface area (Å²) in [5, 5.41) is 9.09. The molecule has 0 aliphatic carbocycles. The number of para-hydroxylation sites is 1. The fraction of sp³-hybridized carbons (Fsp3) is 0.562. The second-order valence-corrected chi connectivity index (χ2v) is 5.36. The third-order valence-electron chi connectivity index (χ3n) is 3.15. The van der Waals surface area contributed by atoms with Crippen molar-refractivity contribution in [3.8, 4) is 5.75 Å². The smallest absolute Gasteiger partial charge is 0.317 e. The highest BCUT2D eigenvalue weighted by Crippen LogP contribution is 2.29. The fourth-order valence-corrected chi connectivity index (χ4v) is 2.31. The van der Waals surface area contributed by atoms with E-state index in [1.807, 2.05) is 43.0 Å². The highest BCUT2D eigenvalue weighted by molar-refractivity contribution is 5.69. The number of carbonyl (C=O) groups is 1. The lowest BCUT2D eigenvalue weighted by atomic mass is 10.0. The molecule has 0 saturated heterocycles. The summed E-state index contributed by atoms with van der Waals surface area (Å²) in [6.07, 6.45) is 0. The molecular formula is C16H25NO3. The van der Waals surface area contributed by atoms with Gasteiger partial charge in [0.15, 0.2) is 0 Å². The molecule has 0 fully saturated rings. The van der Waals surface area contributed by atoms with Gasteiger partial charge in [-0.2, -0.15) is 0 Å². The van der Waals surface area contributed by atoms with Gasteiger partial charge in [0, 0.05) is 18.2 Å². The summed E-state index contributed by atoms with van der Waals surface area (Å²) in [7, 11) is 0. The van der Waals surface area contributed by atoms with E-state index in [2.05, 4.69) is 13.8 Å². The van der Waals surface area contributed by atoms with E-state index in [1.165, 1.54) is 0 Å². The Morgan fingerprint density at radius 3 is 2.50 bits per heavy atom. The summed E-state index contributed by atoms with van der Waals surface area (Å²) >= 11 is 0. The first kappa shape index (κ1) is 16.5. The molecule has 1 unspecified atom stereocenters. The van der Waals surface area contributed by atoms with Crippen molar-refractivity contribution in [1.29, 1.82) is 0 Å². The van der Waals surface area contributed by atoms with Crippen LogP contribution < -0.4 is 4.74 Å². The lowest BCUT2D eigenvalue weighted by Crippen LogP contribution is -2.35. The maximum atomic E-state index is 11.1. The maximum absolute atomic E-state index is 11.1. The third-order valence-corrected chi connectivity index (χ3v) is 3.15. The average Bonchev–Trinajstić information content (AvgIpc) is 2.37. The number of carboxylic acids is 1. The zero-order valence-electron chi connectivity index (χ0n) is 12.8. The van der Waals surface area contributed by atoms with E-state index in [1.54, 1.807) is 0 Å². The Morgan fingerprint density at radius 1 is 1.30 bits per heavy atom. The lowest BCUT2D eigenvalue weighted by molar-refractivity contribution is -0.139. The summed E-state index contributed by atoms with van der Waals surface area (Å²) in [5.74, 6) is 0.448. The average molecular weight is 279 g/mol. The van der Waals surface area contributed by atoms with Gasteiger partial charge in [0.1, 0.15) is 5.75 Å². The Hall–Kier alpha value is -1.55. The Balaban J connectivity index is 2.98. The molecule has 1 rings (SSSR count). The van der Waals surface area contributed by atoms with Crippen molar-refractivity contribution in [3.63, 3.8) is 0 Å². The van der Waals surface area contributed by atoms with E-state index < -0.39 is 5.97 Å². The number of nitrogens with zero attached hydrogens (tertiary/aromatic N) is 1. The van der Waals surface area contributed by atoms with Gasteiger partial charge in [-0.15, -0.1) is 0 Å². The van der Waals surface area contributed by atoms with Crippen LogP contribution in [0.2, 0.25) is 0 Å². The Morgan fingerprint density at radius 2 is 1.95 bits per heavy atom. The predicted octanol–water partition coefficient (Wildman–Crippen LogP) is 3.19. The highest BCUT2D eigenvalue weighted by Gasteiger charge is 2.21. The molecule has 1 aromatic rings. The molecular weight excluding hydrogens is 254 g/mol. The molecule has 112 valence electrons. The molecule has 0 spiro atoms. The molecule has 1 aromatic carbocycles. The minimum atomic E-state index is -0.800.